The van der Waals surface area contributed by atoms with Crippen molar-refractivity contribution >= 4 is 17.5 Å². The molecule has 0 radical (unpaired) electrons. The molecular formula is C26H39F2NO4. The van der Waals surface area contributed by atoms with Crippen molar-refractivity contribution < 1.29 is 28.3 Å². The number of halogens is 2. The first-order chi connectivity index (χ1) is 15.6. The topological polar surface area (TPSA) is 83.5 Å². The van der Waals surface area contributed by atoms with E-state index in [0.717, 1.165) is 7.11 Å². The average molecular weight is 468 g/mol. The lowest BCUT2D eigenvalue weighted by atomic mass is 10.0. The lowest BCUT2D eigenvalue weighted by Crippen LogP contribution is -2.29. The van der Waals surface area contributed by atoms with Crippen LogP contribution in [0.1, 0.15) is 64.4 Å². The van der Waals surface area contributed by atoms with Crippen molar-refractivity contribution in [2.75, 3.05) is 14.2 Å². The van der Waals surface area contributed by atoms with Gasteiger partial charge in [-0.1, -0.05) is 52.0 Å². The third-order valence-corrected chi connectivity index (χ3v) is 4.10. The highest BCUT2D eigenvalue weighted by molar-refractivity contribution is 5.99. The molecule has 0 heterocycles. The number of Topliss-reactive ketones (excluding diaryl/α,β-unsaturated/α-hetero) is 2. The van der Waals surface area contributed by atoms with Crippen molar-refractivity contribution in [2.45, 2.75) is 55.4 Å². The van der Waals surface area contributed by atoms with Gasteiger partial charge in [0.25, 0.3) is 0 Å². The second-order valence-electron chi connectivity index (χ2n) is 6.16. The Bertz CT molecular complexity index is 850. The Balaban J connectivity index is -0.000000509. The summed E-state index contributed by atoms with van der Waals surface area (Å²) in [5, 5.41) is 9.39. The van der Waals surface area contributed by atoms with E-state index in [4.69, 9.17) is 5.11 Å². The Morgan fingerprint density at radius 2 is 1.33 bits per heavy atom. The van der Waals surface area contributed by atoms with Gasteiger partial charge in [0.15, 0.2) is 5.78 Å². The fourth-order valence-electron chi connectivity index (χ4n) is 2.15. The van der Waals surface area contributed by atoms with Gasteiger partial charge in [-0.05, 0) is 51.0 Å². The second-order valence-corrected chi connectivity index (χ2v) is 6.16. The van der Waals surface area contributed by atoms with Crippen molar-refractivity contribution in [3.8, 4) is 11.1 Å². The van der Waals surface area contributed by atoms with E-state index in [9.17, 15) is 23.2 Å². The third kappa shape index (κ3) is 12.6. The van der Waals surface area contributed by atoms with Crippen LogP contribution in [-0.2, 0) is 9.59 Å². The smallest absolute Gasteiger partial charge is 0.230 e. The fourth-order valence-corrected chi connectivity index (χ4v) is 2.15. The second kappa shape index (κ2) is 19.7. The molecule has 7 heteroatoms. The van der Waals surface area contributed by atoms with E-state index in [1.54, 1.807) is 31.2 Å². The zero-order valence-corrected chi connectivity index (χ0v) is 21.5. The van der Waals surface area contributed by atoms with Gasteiger partial charge < -0.3 is 10.4 Å². The van der Waals surface area contributed by atoms with Crippen LogP contribution in [0.3, 0.4) is 0 Å². The number of ketones is 2. The van der Waals surface area contributed by atoms with Crippen molar-refractivity contribution in [2.24, 2.45) is 5.92 Å². The molecule has 0 fully saturated rings. The summed E-state index contributed by atoms with van der Waals surface area (Å²) < 4.78 is 27.2. The molecule has 1 atom stereocenters. The van der Waals surface area contributed by atoms with E-state index in [-0.39, 0.29) is 28.6 Å². The molecule has 0 aromatic heterocycles. The standard InChI is InChI=1S/C15H12F2O.C6H11NO2.2C2H6.CH4O/c1-9-7-15(17)13(8-14(9)16)12-5-3-11(4-6-12)10(2)18;1-4(5(2)8)6(9)7-3;3*1-2/h3-8H,1-2H3;4H,1-3H3,(H,7,9);2*1-2H3;2H,1H3. The molecule has 0 saturated carbocycles. The zero-order chi connectivity index (χ0) is 26.7. The zero-order valence-electron chi connectivity index (χ0n) is 21.5. The van der Waals surface area contributed by atoms with Crippen molar-refractivity contribution in [1.29, 1.82) is 0 Å². The minimum atomic E-state index is -0.505. The molecule has 0 aliphatic heterocycles. The first-order valence-corrected chi connectivity index (χ1v) is 10.8. The Hall–Kier alpha value is -2.93. The minimum Gasteiger partial charge on any atom is -0.400 e. The Kier molecular flexibility index (Phi) is 20.7. The number of benzene rings is 2. The van der Waals surface area contributed by atoms with Crippen LogP contribution in [0.5, 0.6) is 0 Å². The summed E-state index contributed by atoms with van der Waals surface area (Å²) >= 11 is 0. The van der Waals surface area contributed by atoms with E-state index < -0.39 is 17.6 Å². The van der Waals surface area contributed by atoms with Crippen molar-refractivity contribution in [1.82, 2.24) is 5.32 Å². The lowest BCUT2D eigenvalue weighted by molar-refractivity contribution is -0.131. The van der Waals surface area contributed by atoms with E-state index in [1.165, 1.54) is 40.0 Å². The number of amides is 1. The Morgan fingerprint density at radius 1 is 0.879 bits per heavy atom. The monoisotopic (exact) mass is 467 g/mol. The SMILES string of the molecule is CC.CC.CC(=O)c1ccc(-c2cc(F)c(C)cc2F)cc1.CNC(=O)C(C)C(C)=O.CO. The predicted octanol–water partition coefficient (Wildman–Crippen LogP) is 5.76. The van der Waals surface area contributed by atoms with Crippen LogP contribution >= 0.6 is 0 Å². The number of carbonyl (C=O) groups is 3. The quantitative estimate of drug-likeness (QED) is 0.442. The Morgan fingerprint density at radius 3 is 1.67 bits per heavy atom. The summed E-state index contributed by atoms with van der Waals surface area (Å²) in [4.78, 5) is 32.2. The molecule has 0 bridgehead atoms. The molecular weight excluding hydrogens is 428 g/mol. The largest absolute Gasteiger partial charge is 0.400 e. The molecule has 0 aliphatic carbocycles. The average Bonchev–Trinajstić information content (AvgIpc) is 2.84. The number of rotatable bonds is 4. The number of nitrogens with one attached hydrogen (secondary N) is 1. The highest BCUT2D eigenvalue weighted by atomic mass is 19.1. The number of aliphatic hydroxyl groups excluding tert-OH is 1. The van der Waals surface area contributed by atoms with Gasteiger partial charge in [0.2, 0.25) is 5.91 Å². The fraction of sp³-hybridized carbons (Fsp3) is 0.423. The number of hydrogen-bond acceptors (Lipinski definition) is 4. The maximum absolute atomic E-state index is 13.7. The van der Waals surface area contributed by atoms with Crippen LogP contribution in [0.25, 0.3) is 11.1 Å². The summed E-state index contributed by atoms with van der Waals surface area (Å²) in [5.41, 5.74) is 1.58. The van der Waals surface area contributed by atoms with Gasteiger partial charge in [0.05, 0.1) is 5.92 Å². The van der Waals surface area contributed by atoms with Gasteiger partial charge in [0, 0.05) is 25.3 Å². The van der Waals surface area contributed by atoms with E-state index in [0.29, 0.717) is 11.1 Å². The molecule has 0 saturated heterocycles. The van der Waals surface area contributed by atoms with Gasteiger partial charge in [0.1, 0.15) is 17.4 Å². The maximum Gasteiger partial charge on any atom is 0.230 e. The summed E-state index contributed by atoms with van der Waals surface area (Å²) in [5.74, 6) is -1.80. The van der Waals surface area contributed by atoms with Gasteiger partial charge in [-0.2, -0.15) is 0 Å². The van der Waals surface area contributed by atoms with Crippen LogP contribution in [0.2, 0.25) is 0 Å². The minimum absolute atomic E-state index is 0.0582. The molecule has 33 heavy (non-hydrogen) atoms. The van der Waals surface area contributed by atoms with Crippen molar-refractivity contribution in [3.63, 3.8) is 0 Å². The van der Waals surface area contributed by atoms with Crippen LogP contribution in [0.4, 0.5) is 8.78 Å². The van der Waals surface area contributed by atoms with E-state index in [1.807, 2.05) is 27.7 Å². The van der Waals surface area contributed by atoms with Gasteiger partial charge in [-0.3, -0.25) is 14.4 Å². The first kappa shape index (κ1) is 34.7. The van der Waals surface area contributed by atoms with Crippen LogP contribution in [-0.4, -0.2) is 36.7 Å². The number of aryl methyl sites for hydroxylation is 1. The molecule has 1 unspecified atom stereocenters. The predicted molar refractivity (Wildman–Crippen MR) is 131 cm³/mol. The lowest BCUT2D eigenvalue weighted by Gasteiger charge is -2.06. The first-order valence-electron chi connectivity index (χ1n) is 10.8. The number of carbonyl (C=O) groups excluding carboxylic acids is 3. The molecule has 2 rings (SSSR count). The molecule has 2 aromatic rings. The molecule has 2 N–H and O–H groups in total. The van der Waals surface area contributed by atoms with Crippen LogP contribution in [0.15, 0.2) is 36.4 Å². The molecule has 2 aromatic carbocycles. The highest BCUT2D eigenvalue weighted by Gasteiger charge is 2.14. The summed E-state index contributed by atoms with van der Waals surface area (Å²) in [6, 6.07) is 8.79. The maximum atomic E-state index is 13.7. The molecule has 1 amide bonds. The normalized spacial score (nSPS) is 9.61. The van der Waals surface area contributed by atoms with Crippen LogP contribution in [0, 0.1) is 24.5 Å². The summed E-state index contributed by atoms with van der Waals surface area (Å²) in [7, 11) is 2.52. The third-order valence-electron chi connectivity index (χ3n) is 4.10. The summed E-state index contributed by atoms with van der Waals surface area (Å²) in [6.07, 6.45) is 0. The Labute approximate surface area is 197 Å². The molecule has 0 aliphatic rings. The van der Waals surface area contributed by atoms with E-state index >= 15 is 0 Å². The molecule has 186 valence electrons. The van der Waals surface area contributed by atoms with Gasteiger partial charge in [-0.25, -0.2) is 8.78 Å². The number of hydrogen-bond donors (Lipinski definition) is 2. The summed E-state index contributed by atoms with van der Waals surface area (Å²) in [6.45, 7) is 14.0. The molecule has 5 nitrogen and oxygen atoms in total. The van der Waals surface area contributed by atoms with Gasteiger partial charge in [-0.15, -0.1) is 0 Å². The van der Waals surface area contributed by atoms with Gasteiger partial charge >= 0.3 is 0 Å². The number of aliphatic hydroxyl groups is 1. The van der Waals surface area contributed by atoms with E-state index in [2.05, 4.69) is 5.32 Å². The van der Waals surface area contributed by atoms with Crippen LogP contribution < -0.4 is 5.32 Å². The van der Waals surface area contributed by atoms with Crippen molar-refractivity contribution in [3.05, 3.63) is 59.2 Å². The highest BCUT2D eigenvalue weighted by Crippen LogP contribution is 2.25. The molecule has 0 spiro atoms.